The molecule has 5 fully saturated rings. The monoisotopic (exact) mass is 419 g/mol. The summed E-state index contributed by atoms with van der Waals surface area (Å²) in [5, 5.41) is 5.88. The van der Waals surface area contributed by atoms with Gasteiger partial charge in [0.05, 0.1) is 0 Å². The van der Waals surface area contributed by atoms with Gasteiger partial charge in [0.15, 0.2) is 0 Å². The van der Waals surface area contributed by atoms with Gasteiger partial charge >= 0.3 is 6.09 Å². The first kappa shape index (κ1) is 21.4. The molecule has 5 rings (SSSR count). The summed E-state index contributed by atoms with van der Waals surface area (Å²) in [6, 6.07) is 0.147. The first-order valence-electron chi connectivity index (χ1n) is 11.7. The van der Waals surface area contributed by atoms with Gasteiger partial charge in [0.1, 0.15) is 12.1 Å². The number of nitrogens with one attached hydrogen (secondary N) is 2. The molecule has 0 atom stereocenters. The molecule has 7 nitrogen and oxygen atoms in total. The van der Waals surface area contributed by atoms with Crippen LogP contribution >= 0.6 is 0 Å². The highest BCUT2D eigenvalue weighted by Crippen LogP contribution is 2.60. The molecule has 30 heavy (non-hydrogen) atoms. The van der Waals surface area contributed by atoms with Crippen LogP contribution in [-0.2, 0) is 14.3 Å². The number of carbonyl (C=O) groups is 3. The molecule has 2 N–H and O–H groups in total. The lowest BCUT2D eigenvalue weighted by Crippen LogP contribution is -2.56. The smallest absolute Gasteiger partial charge is 0.408 e. The van der Waals surface area contributed by atoms with E-state index in [0.29, 0.717) is 13.1 Å². The van der Waals surface area contributed by atoms with Crippen LogP contribution in [0.3, 0.4) is 0 Å². The Hall–Kier alpha value is -1.79. The molecule has 0 spiro atoms. The Morgan fingerprint density at radius 3 is 2.00 bits per heavy atom. The quantitative estimate of drug-likeness (QED) is 0.733. The van der Waals surface area contributed by atoms with E-state index in [0.717, 1.165) is 49.9 Å². The van der Waals surface area contributed by atoms with E-state index in [9.17, 15) is 14.4 Å². The van der Waals surface area contributed by atoms with Gasteiger partial charge in [-0.1, -0.05) is 0 Å². The van der Waals surface area contributed by atoms with Crippen molar-refractivity contribution in [3.05, 3.63) is 0 Å². The Balaban J connectivity index is 1.21. The number of amides is 3. The molecule has 5 aliphatic rings. The van der Waals surface area contributed by atoms with Gasteiger partial charge in [-0.25, -0.2) is 4.79 Å². The number of hydrogen-bond donors (Lipinski definition) is 2. The fraction of sp³-hybridized carbons (Fsp3) is 0.870. The fourth-order valence-electron chi connectivity index (χ4n) is 6.57. The zero-order valence-electron chi connectivity index (χ0n) is 18.7. The second-order valence-electron chi connectivity index (χ2n) is 11.2. The molecule has 4 bridgehead atoms. The zero-order valence-corrected chi connectivity index (χ0v) is 18.7. The number of rotatable bonds is 4. The number of likely N-dealkylation sites (tertiary alicyclic amines) is 1. The summed E-state index contributed by atoms with van der Waals surface area (Å²) in [6.07, 6.45) is 8.23. The van der Waals surface area contributed by atoms with Crippen LogP contribution in [0.25, 0.3) is 0 Å². The number of hydrogen-bond acceptors (Lipinski definition) is 4. The summed E-state index contributed by atoms with van der Waals surface area (Å²) in [6.45, 7) is 6.53. The SMILES string of the molecule is CC(C)(C)OC(=O)NCC(=O)N1CCC(NC(=O)C23CC4CC(CC(C4)C2)C3)CC1. The van der Waals surface area contributed by atoms with E-state index < -0.39 is 11.7 Å². The molecule has 1 heterocycles. The molecule has 168 valence electrons. The number of alkyl carbamates (subject to hydrolysis) is 1. The number of ether oxygens (including phenoxy) is 1. The van der Waals surface area contributed by atoms with Gasteiger partial charge in [-0.05, 0) is 89.9 Å². The minimum absolute atomic E-state index is 0.0563. The Morgan fingerprint density at radius 2 is 1.50 bits per heavy atom. The van der Waals surface area contributed by atoms with Crippen LogP contribution in [0.4, 0.5) is 4.79 Å². The van der Waals surface area contributed by atoms with E-state index >= 15 is 0 Å². The largest absolute Gasteiger partial charge is 0.444 e. The summed E-state index contributed by atoms with van der Waals surface area (Å²) in [7, 11) is 0. The van der Waals surface area contributed by atoms with Crippen molar-refractivity contribution in [3.63, 3.8) is 0 Å². The Kier molecular flexibility index (Phi) is 5.75. The van der Waals surface area contributed by atoms with Gasteiger partial charge in [0.25, 0.3) is 0 Å². The average Bonchev–Trinajstić information content (AvgIpc) is 2.64. The summed E-state index contributed by atoms with van der Waals surface area (Å²) in [5.74, 6) is 2.46. The lowest BCUT2D eigenvalue weighted by atomic mass is 9.49. The van der Waals surface area contributed by atoms with E-state index in [1.807, 2.05) is 0 Å². The highest BCUT2D eigenvalue weighted by Gasteiger charge is 2.54. The molecule has 0 radical (unpaired) electrons. The van der Waals surface area contributed by atoms with Crippen molar-refractivity contribution in [1.29, 1.82) is 0 Å². The van der Waals surface area contributed by atoms with Crippen molar-refractivity contribution >= 4 is 17.9 Å². The van der Waals surface area contributed by atoms with Crippen LogP contribution in [0.5, 0.6) is 0 Å². The molecular formula is C23H37N3O4. The van der Waals surface area contributed by atoms with Gasteiger partial charge < -0.3 is 20.3 Å². The standard InChI is InChI=1S/C23H37N3O4/c1-22(2,3)30-21(29)24-14-19(27)26-6-4-18(5-7-26)25-20(28)23-11-15-8-16(12-23)10-17(9-15)13-23/h15-18H,4-14H2,1-3H3,(H,24,29)(H,25,28). The van der Waals surface area contributed by atoms with E-state index in [2.05, 4.69) is 10.6 Å². The van der Waals surface area contributed by atoms with Crippen molar-refractivity contribution < 1.29 is 19.1 Å². The van der Waals surface area contributed by atoms with Crippen molar-refractivity contribution in [1.82, 2.24) is 15.5 Å². The van der Waals surface area contributed by atoms with Crippen LogP contribution < -0.4 is 10.6 Å². The van der Waals surface area contributed by atoms with Crippen LogP contribution in [0, 0.1) is 23.2 Å². The first-order chi connectivity index (χ1) is 14.1. The highest BCUT2D eigenvalue weighted by atomic mass is 16.6. The van der Waals surface area contributed by atoms with Crippen LogP contribution in [-0.4, -0.2) is 54.1 Å². The minimum Gasteiger partial charge on any atom is -0.444 e. The summed E-state index contributed by atoms with van der Waals surface area (Å²) in [4.78, 5) is 39.1. The molecule has 1 aliphatic heterocycles. The van der Waals surface area contributed by atoms with Gasteiger partial charge in [0.2, 0.25) is 11.8 Å². The molecule has 1 saturated heterocycles. The third-order valence-corrected chi connectivity index (χ3v) is 7.49. The zero-order chi connectivity index (χ0) is 21.5. The average molecular weight is 420 g/mol. The predicted octanol–water partition coefficient (Wildman–Crippen LogP) is 2.83. The van der Waals surface area contributed by atoms with Gasteiger partial charge in [0, 0.05) is 24.5 Å². The molecule has 4 aliphatic carbocycles. The normalized spacial score (nSPS) is 33.3. The minimum atomic E-state index is -0.583. The summed E-state index contributed by atoms with van der Waals surface area (Å²) < 4.78 is 5.17. The molecule has 0 aromatic rings. The van der Waals surface area contributed by atoms with Crippen molar-refractivity contribution in [2.24, 2.45) is 23.2 Å². The van der Waals surface area contributed by atoms with Gasteiger partial charge in [-0.3, -0.25) is 9.59 Å². The number of piperidine rings is 1. The van der Waals surface area contributed by atoms with Crippen molar-refractivity contribution in [2.45, 2.75) is 83.8 Å². The van der Waals surface area contributed by atoms with E-state index in [4.69, 9.17) is 4.74 Å². The third kappa shape index (κ3) is 4.75. The highest BCUT2D eigenvalue weighted by molar-refractivity contribution is 5.84. The van der Waals surface area contributed by atoms with Crippen LogP contribution in [0.2, 0.25) is 0 Å². The van der Waals surface area contributed by atoms with E-state index in [1.54, 1.807) is 25.7 Å². The molecule has 7 heteroatoms. The Bertz CT molecular complexity index is 656. The molecular weight excluding hydrogens is 382 g/mol. The maximum atomic E-state index is 13.2. The third-order valence-electron chi connectivity index (χ3n) is 7.49. The summed E-state index contributed by atoms with van der Waals surface area (Å²) >= 11 is 0. The second kappa shape index (κ2) is 8.04. The summed E-state index contributed by atoms with van der Waals surface area (Å²) in [5.41, 5.74) is -0.695. The lowest BCUT2D eigenvalue weighted by Gasteiger charge is -2.56. The van der Waals surface area contributed by atoms with Gasteiger partial charge in [-0.2, -0.15) is 0 Å². The Morgan fingerprint density at radius 1 is 0.967 bits per heavy atom. The van der Waals surface area contributed by atoms with Gasteiger partial charge in [-0.15, -0.1) is 0 Å². The van der Waals surface area contributed by atoms with E-state index in [1.165, 1.54) is 19.3 Å². The van der Waals surface area contributed by atoms with Crippen LogP contribution in [0.1, 0.15) is 72.1 Å². The fourth-order valence-corrected chi connectivity index (χ4v) is 6.57. The molecule has 4 saturated carbocycles. The first-order valence-corrected chi connectivity index (χ1v) is 11.7. The lowest BCUT2D eigenvalue weighted by molar-refractivity contribution is -0.147. The maximum absolute atomic E-state index is 13.2. The predicted molar refractivity (Wildman–Crippen MR) is 113 cm³/mol. The number of nitrogens with zero attached hydrogens (tertiary/aromatic N) is 1. The number of carbonyl (C=O) groups excluding carboxylic acids is 3. The molecule has 0 unspecified atom stereocenters. The van der Waals surface area contributed by atoms with E-state index in [-0.39, 0.29) is 29.8 Å². The Labute approximate surface area is 179 Å². The maximum Gasteiger partial charge on any atom is 0.408 e. The molecule has 3 amide bonds. The van der Waals surface area contributed by atoms with Crippen LogP contribution in [0.15, 0.2) is 0 Å². The molecule has 0 aromatic heterocycles. The molecule has 0 aromatic carbocycles. The second-order valence-corrected chi connectivity index (χ2v) is 11.2. The van der Waals surface area contributed by atoms with Crippen molar-refractivity contribution in [2.75, 3.05) is 19.6 Å². The topological polar surface area (TPSA) is 87.7 Å². The van der Waals surface area contributed by atoms with Crippen molar-refractivity contribution in [3.8, 4) is 0 Å².